The van der Waals surface area contributed by atoms with Gasteiger partial charge in [0.05, 0.1) is 5.69 Å². The van der Waals surface area contributed by atoms with Gasteiger partial charge in [0.1, 0.15) is 4.90 Å². The largest absolute Gasteiger partial charge is 0.398 e. The van der Waals surface area contributed by atoms with E-state index in [4.69, 9.17) is 5.73 Å². The number of benzene rings is 1. The van der Waals surface area contributed by atoms with Crippen molar-refractivity contribution in [2.24, 2.45) is 0 Å². The molecule has 0 saturated carbocycles. The smallest absolute Gasteiger partial charge is 0.242 e. The first-order valence-corrected chi connectivity index (χ1v) is 8.95. The van der Waals surface area contributed by atoms with Crippen molar-refractivity contribution in [1.29, 1.82) is 0 Å². The van der Waals surface area contributed by atoms with Gasteiger partial charge in [0.2, 0.25) is 10.0 Å². The van der Waals surface area contributed by atoms with Crippen LogP contribution in [0, 0.1) is 0 Å². The van der Waals surface area contributed by atoms with Gasteiger partial charge in [-0.15, -0.1) is 0 Å². The number of hydrogen-bond acceptors (Lipinski definition) is 5. The highest BCUT2D eigenvalue weighted by molar-refractivity contribution is 7.89. The number of anilines is 2. The summed E-state index contributed by atoms with van der Waals surface area (Å²) in [5.74, 6) is 0.634. The summed E-state index contributed by atoms with van der Waals surface area (Å²) in [6, 6.07) is 4.69. The van der Waals surface area contributed by atoms with Gasteiger partial charge in [-0.3, -0.25) is 4.21 Å². The fraction of sp³-hybridized carbons (Fsp3) is 0.455. The molecule has 1 rings (SSSR count). The van der Waals surface area contributed by atoms with Crippen LogP contribution >= 0.6 is 0 Å². The summed E-state index contributed by atoms with van der Waals surface area (Å²) in [6.45, 7) is 0.664. The number of nitrogens with one attached hydrogen (secondary N) is 2. The summed E-state index contributed by atoms with van der Waals surface area (Å²) in [7, 11) is -2.98. The van der Waals surface area contributed by atoms with Gasteiger partial charge in [-0.05, 0) is 31.7 Å². The third kappa shape index (κ3) is 4.81. The maximum absolute atomic E-state index is 11.6. The van der Waals surface area contributed by atoms with E-state index in [1.54, 1.807) is 18.4 Å². The standard InChI is InChI=1S/C11H19N3O3S2/c1-13-19(16,17)11-5-4-9(8-10(11)12)14-6-3-7-18(2)15/h4-5,8,13-14H,3,6-7,12H2,1-2H3. The van der Waals surface area contributed by atoms with Crippen molar-refractivity contribution in [3.63, 3.8) is 0 Å². The quantitative estimate of drug-likeness (QED) is 0.499. The normalized spacial score (nSPS) is 13.2. The highest BCUT2D eigenvalue weighted by atomic mass is 32.2. The van der Waals surface area contributed by atoms with Crippen LogP contribution in [-0.2, 0) is 20.8 Å². The lowest BCUT2D eigenvalue weighted by atomic mass is 10.3. The Kier molecular flexibility index (Phi) is 5.77. The zero-order chi connectivity index (χ0) is 14.5. The van der Waals surface area contributed by atoms with Crippen molar-refractivity contribution in [1.82, 2.24) is 4.72 Å². The van der Waals surface area contributed by atoms with Crippen LogP contribution in [0.15, 0.2) is 23.1 Å². The fourth-order valence-electron chi connectivity index (χ4n) is 1.52. The minimum Gasteiger partial charge on any atom is -0.398 e. The Morgan fingerprint density at radius 2 is 2.05 bits per heavy atom. The van der Waals surface area contributed by atoms with Gasteiger partial charge in [0, 0.05) is 35.0 Å². The average Bonchev–Trinajstić information content (AvgIpc) is 2.34. The molecule has 0 aliphatic rings. The maximum atomic E-state index is 11.6. The molecule has 0 aliphatic carbocycles. The molecule has 1 aromatic rings. The van der Waals surface area contributed by atoms with Crippen molar-refractivity contribution >= 4 is 32.2 Å². The molecular formula is C11H19N3O3S2. The molecule has 1 unspecified atom stereocenters. The van der Waals surface area contributed by atoms with Crippen molar-refractivity contribution < 1.29 is 12.6 Å². The van der Waals surface area contributed by atoms with Crippen LogP contribution in [0.5, 0.6) is 0 Å². The molecule has 0 spiro atoms. The van der Waals surface area contributed by atoms with Crippen molar-refractivity contribution in [2.75, 3.05) is 36.7 Å². The van der Waals surface area contributed by atoms with Crippen LogP contribution in [-0.4, -0.2) is 38.2 Å². The van der Waals surface area contributed by atoms with E-state index in [2.05, 4.69) is 10.0 Å². The third-order valence-electron chi connectivity index (χ3n) is 2.51. The highest BCUT2D eigenvalue weighted by Crippen LogP contribution is 2.22. The Morgan fingerprint density at radius 3 is 2.58 bits per heavy atom. The number of sulfonamides is 1. The molecule has 0 bridgehead atoms. The number of nitrogens with two attached hydrogens (primary N) is 1. The van der Waals surface area contributed by atoms with Gasteiger partial charge in [-0.25, -0.2) is 13.1 Å². The first-order valence-electron chi connectivity index (χ1n) is 5.74. The van der Waals surface area contributed by atoms with Gasteiger partial charge in [-0.2, -0.15) is 0 Å². The lowest BCUT2D eigenvalue weighted by Gasteiger charge is -2.10. The summed E-state index contributed by atoms with van der Waals surface area (Å²) in [6.07, 6.45) is 2.44. The number of nitrogen functional groups attached to an aromatic ring is 1. The van der Waals surface area contributed by atoms with Crippen LogP contribution in [0.4, 0.5) is 11.4 Å². The van der Waals surface area contributed by atoms with Crippen LogP contribution in [0.2, 0.25) is 0 Å². The molecule has 0 amide bonds. The molecule has 1 atom stereocenters. The fourth-order valence-corrected chi connectivity index (χ4v) is 2.91. The second kappa shape index (κ2) is 6.88. The van der Waals surface area contributed by atoms with Gasteiger partial charge < -0.3 is 11.1 Å². The molecule has 0 radical (unpaired) electrons. The molecule has 0 aromatic heterocycles. The Balaban J connectivity index is 2.70. The van der Waals surface area contributed by atoms with E-state index < -0.39 is 20.8 Å². The average molecular weight is 305 g/mol. The predicted octanol–water partition coefficient (Wildman–Crippen LogP) is 0.357. The molecule has 8 heteroatoms. The first kappa shape index (κ1) is 15.9. The molecule has 0 fully saturated rings. The molecule has 0 heterocycles. The zero-order valence-electron chi connectivity index (χ0n) is 11.0. The van der Waals surface area contributed by atoms with E-state index in [-0.39, 0.29) is 10.6 Å². The first-order chi connectivity index (χ1) is 8.86. The molecule has 4 N–H and O–H groups in total. The Morgan fingerprint density at radius 1 is 1.37 bits per heavy atom. The van der Waals surface area contributed by atoms with E-state index in [1.807, 2.05) is 0 Å². The monoisotopic (exact) mass is 305 g/mol. The second-order valence-corrected chi connectivity index (χ2v) is 7.43. The van der Waals surface area contributed by atoms with Gasteiger partial charge >= 0.3 is 0 Å². The summed E-state index contributed by atoms with van der Waals surface area (Å²) < 4.78 is 36.4. The summed E-state index contributed by atoms with van der Waals surface area (Å²) in [5.41, 5.74) is 6.67. The minimum atomic E-state index is -3.53. The van der Waals surface area contributed by atoms with Gasteiger partial charge in [0.25, 0.3) is 0 Å². The topological polar surface area (TPSA) is 101 Å². The SMILES string of the molecule is CNS(=O)(=O)c1ccc(NCCCS(C)=O)cc1N. The lowest BCUT2D eigenvalue weighted by Crippen LogP contribution is -2.20. The third-order valence-corrected chi connectivity index (χ3v) is 4.86. The molecule has 1 aromatic carbocycles. The predicted molar refractivity (Wildman–Crippen MR) is 79.1 cm³/mol. The molecule has 19 heavy (non-hydrogen) atoms. The Hall–Kier alpha value is -1.12. The molecule has 6 nitrogen and oxygen atoms in total. The van der Waals surface area contributed by atoms with Gasteiger partial charge in [-0.1, -0.05) is 0 Å². The van der Waals surface area contributed by atoms with E-state index in [0.717, 1.165) is 12.1 Å². The Bertz CT molecular complexity index is 558. The van der Waals surface area contributed by atoms with Crippen molar-refractivity contribution in [2.45, 2.75) is 11.3 Å². The van der Waals surface area contributed by atoms with Crippen molar-refractivity contribution in [3.8, 4) is 0 Å². The summed E-state index contributed by atoms with van der Waals surface area (Å²) >= 11 is 0. The number of hydrogen-bond donors (Lipinski definition) is 3. The zero-order valence-corrected chi connectivity index (χ0v) is 12.6. The summed E-state index contributed by atoms with van der Waals surface area (Å²) in [4.78, 5) is 0.0650. The molecule has 0 aliphatic heterocycles. The van der Waals surface area contributed by atoms with E-state index >= 15 is 0 Å². The highest BCUT2D eigenvalue weighted by Gasteiger charge is 2.14. The van der Waals surface area contributed by atoms with Crippen LogP contribution in [0.3, 0.4) is 0 Å². The molecule has 108 valence electrons. The molecule has 0 saturated heterocycles. The van der Waals surface area contributed by atoms with Crippen LogP contribution in [0.25, 0.3) is 0 Å². The maximum Gasteiger partial charge on any atom is 0.242 e. The molecular weight excluding hydrogens is 286 g/mol. The van der Waals surface area contributed by atoms with Crippen LogP contribution < -0.4 is 15.8 Å². The van der Waals surface area contributed by atoms with Crippen molar-refractivity contribution in [3.05, 3.63) is 18.2 Å². The second-order valence-electron chi connectivity index (χ2n) is 4.02. The van der Waals surface area contributed by atoms with E-state index in [1.165, 1.54) is 13.1 Å². The summed E-state index contributed by atoms with van der Waals surface area (Å²) in [5, 5.41) is 3.11. The number of rotatable bonds is 7. The lowest BCUT2D eigenvalue weighted by molar-refractivity contribution is 0.588. The van der Waals surface area contributed by atoms with E-state index in [0.29, 0.717) is 12.3 Å². The van der Waals surface area contributed by atoms with Crippen LogP contribution in [0.1, 0.15) is 6.42 Å². The van der Waals surface area contributed by atoms with Gasteiger partial charge in [0.15, 0.2) is 0 Å². The minimum absolute atomic E-state index is 0.0650. The Labute approximate surface area is 116 Å². The van der Waals surface area contributed by atoms with E-state index in [9.17, 15) is 12.6 Å².